The van der Waals surface area contributed by atoms with Crippen LogP contribution in [0.2, 0.25) is 0 Å². The summed E-state index contributed by atoms with van der Waals surface area (Å²) < 4.78 is 0. The molecule has 0 aliphatic carbocycles. The number of carbonyl (C=O) groups is 2. The number of carbonyl (C=O) groups excluding carboxylic acids is 2. The maximum Gasteiger partial charge on any atom is 0.251 e. The summed E-state index contributed by atoms with van der Waals surface area (Å²) in [5.41, 5.74) is 3.04. The van der Waals surface area contributed by atoms with Gasteiger partial charge < -0.3 is 26.0 Å². The summed E-state index contributed by atoms with van der Waals surface area (Å²) in [5, 5.41) is 20.6. The van der Waals surface area contributed by atoms with Crippen LogP contribution in [0.1, 0.15) is 56.0 Å². The van der Waals surface area contributed by atoms with Crippen molar-refractivity contribution in [2.24, 2.45) is 5.92 Å². The lowest BCUT2D eigenvalue weighted by Crippen LogP contribution is -2.49. The van der Waals surface area contributed by atoms with E-state index in [0.717, 1.165) is 36.3 Å². The van der Waals surface area contributed by atoms with E-state index in [4.69, 9.17) is 0 Å². The van der Waals surface area contributed by atoms with Gasteiger partial charge in [0.25, 0.3) is 5.91 Å². The van der Waals surface area contributed by atoms with Crippen molar-refractivity contribution in [3.8, 4) is 0 Å². The highest BCUT2D eigenvalue weighted by Crippen LogP contribution is 2.27. The van der Waals surface area contributed by atoms with Crippen molar-refractivity contribution in [2.75, 3.05) is 36.4 Å². The van der Waals surface area contributed by atoms with Crippen LogP contribution in [0, 0.1) is 5.92 Å². The first-order chi connectivity index (χ1) is 16.9. The number of aliphatic hydroxyl groups excluding tert-OH is 1. The van der Waals surface area contributed by atoms with Crippen LogP contribution in [-0.2, 0) is 11.2 Å². The second-order valence-corrected chi connectivity index (χ2v) is 9.67. The van der Waals surface area contributed by atoms with Gasteiger partial charge in [-0.25, -0.2) is 0 Å². The minimum absolute atomic E-state index is 0.0786. The van der Waals surface area contributed by atoms with Crippen LogP contribution in [0.25, 0.3) is 0 Å². The molecule has 0 spiro atoms. The molecule has 2 unspecified atom stereocenters. The van der Waals surface area contributed by atoms with Gasteiger partial charge in [-0.05, 0) is 62.4 Å². The maximum absolute atomic E-state index is 13.4. The molecule has 7 nitrogen and oxygen atoms in total. The van der Waals surface area contributed by atoms with Gasteiger partial charge in [-0.3, -0.25) is 9.59 Å². The van der Waals surface area contributed by atoms with Gasteiger partial charge in [-0.1, -0.05) is 44.2 Å². The van der Waals surface area contributed by atoms with Crippen LogP contribution in [0.3, 0.4) is 0 Å². The number of hydrogen-bond donors (Lipinski definition) is 4. The number of rotatable bonds is 13. The topological polar surface area (TPSA) is 93.7 Å². The Hall–Kier alpha value is -2.90. The minimum atomic E-state index is -0.747. The highest BCUT2D eigenvalue weighted by atomic mass is 16.3. The number of aliphatic hydroxyl groups is 1. The standard InChI is InChI=1S/C28H40N4O3/c1-4-30-23-16-22(17-24(18-23)32-14-8-11-27(32)34)28(35)31-25(15-21-9-6-5-7-10-21)26(33)19-29-13-12-20(2)3/h5-7,9-10,16-18,20,25-26,29-30,33H,4,8,11-15,19H2,1-3H3,(H,31,35). The van der Waals surface area contributed by atoms with E-state index < -0.39 is 12.1 Å². The molecule has 0 radical (unpaired) electrons. The van der Waals surface area contributed by atoms with Gasteiger partial charge in [0.05, 0.1) is 12.1 Å². The molecule has 2 aromatic rings. The molecule has 2 atom stereocenters. The fourth-order valence-corrected chi connectivity index (χ4v) is 4.31. The first kappa shape index (κ1) is 26.7. The fourth-order valence-electron chi connectivity index (χ4n) is 4.31. The molecule has 1 aliphatic heterocycles. The third-order valence-corrected chi connectivity index (χ3v) is 6.28. The molecule has 3 rings (SSSR count). The predicted molar refractivity (Wildman–Crippen MR) is 142 cm³/mol. The Morgan fingerprint density at radius 3 is 2.57 bits per heavy atom. The fraction of sp³-hybridized carbons (Fsp3) is 0.500. The predicted octanol–water partition coefficient (Wildman–Crippen LogP) is 3.58. The van der Waals surface area contributed by atoms with E-state index in [9.17, 15) is 14.7 Å². The number of nitrogens with one attached hydrogen (secondary N) is 3. The van der Waals surface area contributed by atoms with Crippen molar-refractivity contribution >= 4 is 23.2 Å². The summed E-state index contributed by atoms with van der Waals surface area (Å²) in [5.74, 6) is 0.398. The van der Waals surface area contributed by atoms with Crippen LogP contribution >= 0.6 is 0 Å². The van der Waals surface area contributed by atoms with E-state index in [-0.39, 0.29) is 11.8 Å². The molecular weight excluding hydrogens is 440 g/mol. The Morgan fingerprint density at radius 2 is 1.91 bits per heavy atom. The lowest BCUT2D eigenvalue weighted by Gasteiger charge is -2.26. The van der Waals surface area contributed by atoms with Crippen molar-refractivity contribution in [1.82, 2.24) is 10.6 Å². The SMILES string of the molecule is CCNc1cc(C(=O)NC(Cc2ccccc2)C(O)CNCCC(C)C)cc(N2CCCC2=O)c1. The largest absolute Gasteiger partial charge is 0.390 e. The highest BCUT2D eigenvalue weighted by Gasteiger charge is 2.25. The van der Waals surface area contributed by atoms with Crippen LogP contribution in [0.4, 0.5) is 11.4 Å². The van der Waals surface area contributed by atoms with E-state index >= 15 is 0 Å². The zero-order valence-electron chi connectivity index (χ0n) is 21.2. The second-order valence-electron chi connectivity index (χ2n) is 9.67. The van der Waals surface area contributed by atoms with Gasteiger partial charge >= 0.3 is 0 Å². The molecule has 35 heavy (non-hydrogen) atoms. The van der Waals surface area contributed by atoms with Crippen LogP contribution in [0.15, 0.2) is 48.5 Å². The van der Waals surface area contributed by atoms with Crippen molar-refractivity contribution in [2.45, 2.75) is 58.6 Å². The van der Waals surface area contributed by atoms with Crippen LogP contribution < -0.4 is 20.9 Å². The van der Waals surface area contributed by atoms with Gasteiger partial charge in [0.15, 0.2) is 0 Å². The minimum Gasteiger partial charge on any atom is -0.390 e. The van der Waals surface area contributed by atoms with Gasteiger partial charge in [0, 0.05) is 43.0 Å². The molecule has 190 valence electrons. The molecule has 0 saturated carbocycles. The van der Waals surface area contributed by atoms with Gasteiger partial charge in [0.1, 0.15) is 0 Å². The summed E-state index contributed by atoms with van der Waals surface area (Å²) >= 11 is 0. The highest BCUT2D eigenvalue weighted by molar-refractivity contribution is 6.00. The van der Waals surface area contributed by atoms with Crippen molar-refractivity contribution in [3.05, 3.63) is 59.7 Å². The first-order valence-corrected chi connectivity index (χ1v) is 12.8. The third-order valence-electron chi connectivity index (χ3n) is 6.28. The van der Waals surface area contributed by atoms with E-state index in [1.54, 1.807) is 17.0 Å². The molecule has 4 N–H and O–H groups in total. The summed E-state index contributed by atoms with van der Waals surface area (Å²) in [7, 11) is 0. The van der Waals surface area contributed by atoms with E-state index in [0.29, 0.717) is 44.0 Å². The van der Waals surface area contributed by atoms with Gasteiger partial charge in [-0.2, -0.15) is 0 Å². The molecule has 1 aliphatic rings. The Labute approximate surface area is 209 Å². The maximum atomic E-state index is 13.4. The molecule has 1 heterocycles. The third kappa shape index (κ3) is 8.08. The molecule has 2 amide bonds. The molecular formula is C28H40N4O3. The number of hydrogen-bond acceptors (Lipinski definition) is 5. The van der Waals surface area contributed by atoms with Crippen molar-refractivity contribution in [1.29, 1.82) is 0 Å². The Balaban J connectivity index is 1.78. The normalized spacial score (nSPS) is 15.3. The molecule has 0 aromatic heterocycles. The monoisotopic (exact) mass is 480 g/mol. The first-order valence-electron chi connectivity index (χ1n) is 12.8. The molecule has 0 bridgehead atoms. The van der Waals surface area contributed by atoms with Crippen LogP contribution in [-0.4, -0.2) is 55.2 Å². The second kappa shape index (κ2) is 13.3. The lowest BCUT2D eigenvalue weighted by atomic mass is 10.00. The van der Waals surface area contributed by atoms with Crippen molar-refractivity contribution in [3.63, 3.8) is 0 Å². The average Bonchev–Trinajstić information content (AvgIpc) is 3.27. The smallest absolute Gasteiger partial charge is 0.251 e. The van der Waals surface area contributed by atoms with E-state index in [2.05, 4.69) is 29.8 Å². The van der Waals surface area contributed by atoms with Crippen LogP contribution in [0.5, 0.6) is 0 Å². The summed E-state index contributed by atoms with van der Waals surface area (Å²) in [4.78, 5) is 27.5. The number of anilines is 2. The summed E-state index contributed by atoms with van der Waals surface area (Å²) in [6.07, 6.45) is 2.15. The Kier molecular flexibility index (Phi) is 10.1. The number of amides is 2. The lowest BCUT2D eigenvalue weighted by molar-refractivity contribution is -0.117. The van der Waals surface area contributed by atoms with Crippen molar-refractivity contribution < 1.29 is 14.7 Å². The zero-order valence-corrected chi connectivity index (χ0v) is 21.2. The summed E-state index contributed by atoms with van der Waals surface area (Å²) in [6.45, 7) is 8.91. The molecule has 7 heteroatoms. The van der Waals surface area contributed by atoms with E-state index in [1.807, 2.05) is 43.3 Å². The quantitative estimate of drug-likeness (QED) is 0.329. The number of nitrogens with zero attached hydrogens (tertiary/aromatic N) is 1. The molecule has 1 fully saturated rings. The zero-order chi connectivity index (χ0) is 25.2. The van der Waals surface area contributed by atoms with E-state index in [1.165, 1.54) is 0 Å². The number of benzene rings is 2. The molecule has 2 aromatic carbocycles. The van der Waals surface area contributed by atoms with Gasteiger partial charge in [0.2, 0.25) is 5.91 Å². The Morgan fingerprint density at radius 1 is 1.14 bits per heavy atom. The Bertz CT molecular complexity index is 964. The summed E-state index contributed by atoms with van der Waals surface area (Å²) in [6, 6.07) is 14.9. The average molecular weight is 481 g/mol. The van der Waals surface area contributed by atoms with Gasteiger partial charge in [-0.15, -0.1) is 0 Å². The molecule has 1 saturated heterocycles.